The Labute approximate surface area is 91.0 Å². The smallest absolute Gasteiger partial charge is 0.219 e. The Balaban J connectivity index is 2.06. The number of hydrogen-bond donors (Lipinski definition) is 1. The van der Waals surface area contributed by atoms with Crippen molar-refractivity contribution in [3.8, 4) is 0 Å². The molecule has 0 bridgehead atoms. The summed E-state index contributed by atoms with van der Waals surface area (Å²) in [5, 5.41) is 3.41. The Morgan fingerprint density at radius 2 is 2.40 bits per heavy atom. The van der Waals surface area contributed by atoms with Crippen LogP contribution in [0.4, 0.5) is 0 Å². The van der Waals surface area contributed by atoms with Gasteiger partial charge in [-0.2, -0.15) is 0 Å². The molecule has 2 aliphatic rings. The number of piperidine rings is 1. The molecular formula is C11H20N2O2. The van der Waals surface area contributed by atoms with Gasteiger partial charge >= 0.3 is 0 Å². The van der Waals surface area contributed by atoms with Gasteiger partial charge in [0.2, 0.25) is 5.91 Å². The van der Waals surface area contributed by atoms with Gasteiger partial charge < -0.3 is 15.0 Å². The number of rotatable bonds is 0. The van der Waals surface area contributed by atoms with E-state index < -0.39 is 0 Å². The largest absolute Gasteiger partial charge is 0.379 e. The van der Waals surface area contributed by atoms with Crippen LogP contribution >= 0.6 is 0 Å². The highest BCUT2D eigenvalue weighted by Gasteiger charge is 2.36. The van der Waals surface area contributed by atoms with E-state index in [9.17, 15) is 4.79 Å². The lowest BCUT2D eigenvalue weighted by Crippen LogP contribution is -2.49. The minimum Gasteiger partial charge on any atom is -0.379 e. The average Bonchev–Trinajstić information content (AvgIpc) is 2.43. The lowest BCUT2D eigenvalue weighted by atomic mass is 9.81. The van der Waals surface area contributed by atoms with Crippen molar-refractivity contribution in [2.75, 3.05) is 39.4 Å². The Bertz CT molecular complexity index is 237. The fourth-order valence-corrected chi connectivity index (χ4v) is 2.55. The molecule has 0 unspecified atom stereocenters. The lowest BCUT2D eigenvalue weighted by Gasteiger charge is -2.38. The van der Waals surface area contributed by atoms with Gasteiger partial charge in [-0.15, -0.1) is 0 Å². The Hall–Kier alpha value is -0.610. The molecule has 0 aromatic carbocycles. The molecule has 0 aliphatic carbocycles. The van der Waals surface area contributed by atoms with Crippen molar-refractivity contribution in [2.45, 2.75) is 19.8 Å². The highest BCUT2D eigenvalue weighted by molar-refractivity contribution is 5.73. The van der Waals surface area contributed by atoms with Crippen LogP contribution in [0.1, 0.15) is 19.8 Å². The van der Waals surface area contributed by atoms with Gasteiger partial charge in [0.25, 0.3) is 0 Å². The molecule has 0 saturated carbocycles. The maximum absolute atomic E-state index is 11.4. The standard InChI is InChI=1S/C11H20N2O2/c1-10(14)13-5-6-15-9-11(8-13)3-2-4-12-7-11/h12H,2-9H2,1H3/t11-/m1/s1. The first kappa shape index (κ1) is 10.9. The fourth-order valence-electron chi connectivity index (χ4n) is 2.55. The molecule has 0 aromatic rings. The summed E-state index contributed by atoms with van der Waals surface area (Å²) in [6.45, 7) is 6.81. The van der Waals surface area contributed by atoms with Gasteiger partial charge in [-0.3, -0.25) is 4.79 Å². The molecule has 0 radical (unpaired) electrons. The monoisotopic (exact) mass is 212 g/mol. The number of amides is 1. The number of carbonyl (C=O) groups excluding carboxylic acids is 1. The zero-order chi connectivity index (χ0) is 10.7. The van der Waals surface area contributed by atoms with Crippen molar-refractivity contribution in [1.29, 1.82) is 0 Å². The zero-order valence-electron chi connectivity index (χ0n) is 9.42. The second-order valence-electron chi connectivity index (χ2n) is 4.77. The van der Waals surface area contributed by atoms with Crippen molar-refractivity contribution in [3.63, 3.8) is 0 Å². The molecule has 86 valence electrons. The van der Waals surface area contributed by atoms with Crippen LogP contribution in [-0.2, 0) is 9.53 Å². The van der Waals surface area contributed by atoms with Crippen molar-refractivity contribution in [3.05, 3.63) is 0 Å². The number of ether oxygens (including phenoxy) is 1. The van der Waals surface area contributed by atoms with Gasteiger partial charge in [-0.1, -0.05) is 0 Å². The normalized spacial score (nSPS) is 32.7. The predicted octanol–water partition coefficient (Wildman–Crippen LogP) is 0.235. The number of hydrogen-bond acceptors (Lipinski definition) is 3. The molecule has 2 saturated heterocycles. The third kappa shape index (κ3) is 2.49. The summed E-state index contributed by atoms with van der Waals surface area (Å²) in [6, 6.07) is 0. The van der Waals surface area contributed by atoms with Gasteiger partial charge in [0, 0.05) is 32.0 Å². The Kier molecular flexibility index (Phi) is 3.26. The predicted molar refractivity (Wildman–Crippen MR) is 57.6 cm³/mol. The van der Waals surface area contributed by atoms with E-state index in [2.05, 4.69) is 5.32 Å². The molecule has 15 heavy (non-hydrogen) atoms. The van der Waals surface area contributed by atoms with E-state index in [0.29, 0.717) is 6.61 Å². The van der Waals surface area contributed by atoms with Crippen LogP contribution in [0.15, 0.2) is 0 Å². The number of carbonyl (C=O) groups is 1. The first-order valence-electron chi connectivity index (χ1n) is 5.76. The molecule has 2 aliphatic heterocycles. The van der Waals surface area contributed by atoms with Crippen LogP contribution in [0.5, 0.6) is 0 Å². The van der Waals surface area contributed by atoms with Crippen LogP contribution in [0.3, 0.4) is 0 Å². The summed E-state index contributed by atoms with van der Waals surface area (Å²) < 4.78 is 5.63. The summed E-state index contributed by atoms with van der Waals surface area (Å²) in [7, 11) is 0. The SMILES string of the molecule is CC(=O)N1CCOC[C@@]2(CCCNC2)C1. The van der Waals surface area contributed by atoms with Gasteiger partial charge in [0.15, 0.2) is 0 Å². The van der Waals surface area contributed by atoms with Crippen LogP contribution in [-0.4, -0.2) is 50.2 Å². The molecule has 2 heterocycles. The molecule has 2 fully saturated rings. The van der Waals surface area contributed by atoms with E-state index in [0.717, 1.165) is 32.8 Å². The minimum atomic E-state index is 0.167. The van der Waals surface area contributed by atoms with E-state index in [1.807, 2.05) is 4.90 Å². The van der Waals surface area contributed by atoms with Gasteiger partial charge in [-0.05, 0) is 19.4 Å². The van der Waals surface area contributed by atoms with E-state index in [4.69, 9.17) is 4.74 Å². The second kappa shape index (κ2) is 4.49. The van der Waals surface area contributed by atoms with Crippen molar-refractivity contribution >= 4 is 5.91 Å². The van der Waals surface area contributed by atoms with E-state index in [1.165, 1.54) is 12.8 Å². The third-order valence-corrected chi connectivity index (χ3v) is 3.45. The molecule has 2 rings (SSSR count). The molecule has 4 nitrogen and oxygen atoms in total. The van der Waals surface area contributed by atoms with Crippen LogP contribution in [0.25, 0.3) is 0 Å². The number of nitrogens with zero attached hydrogens (tertiary/aromatic N) is 1. The maximum Gasteiger partial charge on any atom is 0.219 e. The van der Waals surface area contributed by atoms with Gasteiger partial charge in [-0.25, -0.2) is 0 Å². The van der Waals surface area contributed by atoms with Crippen LogP contribution in [0.2, 0.25) is 0 Å². The van der Waals surface area contributed by atoms with E-state index in [-0.39, 0.29) is 11.3 Å². The van der Waals surface area contributed by atoms with Crippen molar-refractivity contribution in [2.24, 2.45) is 5.41 Å². The molecule has 0 aromatic heterocycles. The Morgan fingerprint density at radius 3 is 3.07 bits per heavy atom. The first-order valence-corrected chi connectivity index (χ1v) is 5.76. The molecule has 1 amide bonds. The summed E-state index contributed by atoms with van der Waals surface area (Å²) in [5.74, 6) is 0.172. The van der Waals surface area contributed by atoms with Crippen LogP contribution < -0.4 is 5.32 Å². The zero-order valence-corrected chi connectivity index (χ0v) is 9.42. The quantitative estimate of drug-likeness (QED) is 0.625. The van der Waals surface area contributed by atoms with Crippen molar-refractivity contribution in [1.82, 2.24) is 10.2 Å². The third-order valence-electron chi connectivity index (χ3n) is 3.45. The second-order valence-corrected chi connectivity index (χ2v) is 4.77. The van der Waals surface area contributed by atoms with E-state index >= 15 is 0 Å². The molecular weight excluding hydrogens is 192 g/mol. The minimum absolute atomic E-state index is 0.167. The molecule has 1 N–H and O–H groups in total. The summed E-state index contributed by atoms with van der Waals surface area (Å²) in [5.41, 5.74) is 0.167. The first-order chi connectivity index (χ1) is 7.22. The van der Waals surface area contributed by atoms with Crippen LogP contribution in [0, 0.1) is 5.41 Å². The maximum atomic E-state index is 11.4. The fraction of sp³-hybridized carbons (Fsp3) is 0.909. The Morgan fingerprint density at radius 1 is 1.53 bits per heavy atom. The summed E-state index contributed by atoms with van der Waals surface area (Å²) in [4.78, 5) is 13.4. The summed E-state index contributed by atoms with van der Waals surface area (Å²) >= 11 is 0. The summed E-state index contributed by atoms with van der Waals surface area (Å²) in [6.07, 6.45) is 2.36. The molecule has 4 heteroatoms. The van der Waals surface area contributed by atoms with Gasteiger partial charge in [0.05, 0.1) is 13.2 Å². The average molecular weight is 212 g/mol. The van der Waals surface area contributed by atoms with Gasteiger partial charge in [0.1, 0.15) is 0 Å². The number of nitrogens with one attached hydrogen (secondary N) is 1. The highest BCUT2D eigenvalue weighted by atomic mass is 16.5. The molecule has 1 spiro atoms. The van der Waals surface area contributed by atoms with Crippen molar-refractivity contribution < 1.29 is 9.53 Å². The topological polar surface area (TPSA) is 41.6 Å². The highest BCUT2D eigenvalue weighted by Crippen LogP contribution is 2.29. The lowest BCUT2D eigenvalue weighted by molar-refractivity contribution is -0.130. The molecule has 1 atom stereocenters. The van der Waals surface area contributed by atoms with E-state index in [1.54, 1.807) is 6.92 Å².